The largest absolute Gasteiger partial charge is 0.330 e. The minimum Gasteiger partial charge on any atom is -0.330 e. The lowest BCUT2D eigenvalue weighted by Crippen LogP contribution is -2.37. The Morgan fingerprint density at radius 3 is 2.50 bits per heavy atom. The van der Waals surface area contributed by atoms with Crippen LogP contribution in [0.3, 0.4) is 0 Å². The zero-order valence-electron chi connectivity index (χ0n) is 10.1. The van der Waals surface area contributed by atoms with Crippen molar-refractivity contribution >= 4 is 23.6 Å². The molecule has 2 unspecified atom stereocenters. The molecule has 1 aliphatic rings. The van der Waals surface area contributed by atoms with E-state index in [9.17, 15) is 9.59 Å². The molecule has 0 saturated carbocycles. The van der Waals surface area contributed by atoms with Crippen molar-refractivity contribution in [3.63, 3.8) is 0 Å². The minimum atomic E-state index is -0.191. The first-order valence-electron chi connectivity index (χ1n) is 5.65. The number of likely N-dealkylation sites (tertiary alicyclic amines) is 1. The van der Waals surface area contributed by atoms with E-state index in [-0.39, 0.29) is 23.1 Å². The normalized spacial score (nSPS) is 23.3. The first-order chi connectivity index (χ1) is 7.47. The average Bonchev–Trinajstić information content (AvgIpc) is 2.50. The molecule has 2 atom stereocenters. The fourth-order valence-corrected chi connectivity index (χ4v) is 2.86. The van der Waals surface area contributed by atoms with Crippen LogP contribution in [0.25, 0.3) is 0 Å². The molecule has 0 aliphatic carbocycles. The van der Waals surface area contributed by atoms with Crippen molar-refractivity contribution in [2.45, 2.75) is 38.5 Å². The van der Waals surface area contributed by atoms with Crippen LogP contribution in [-0.4, -0.2) is 40.3 Å². The number of imide groups is 1. The van der Waals surface area contributed by atoms with E-state index in [0.717, 1.165) is 5.75 Å². The van der Waals surface area contributed by atoms with Crippen molar-refractivity contribution in [3.8, 4) is 0 Å². The van der Waals surface area contributed by atoms with E-state index < -0.39 is 0 Å². The Kier molecular flexibility index (Phi) is 4.80. The fourth-order valence-electron chi connectivity index (χ4n) is 1.64. The number of nitrogens with two attached hydrogens (primary N) is 1. The molecule has 0 spiro atoms. The molecule has 1 fully saturated rings. The molecule has 0 aromatic rings. The van der Waals surface area contributed by atoms with Gasteiger partial charge in [0.25, 0.3) is 0 Å². The van der Waals surface area contributed by atoms with Gasteiger partial charge in [-0.1, -0.05) is 6.92 Å². The number of carbonyl (C=O) groups excluding carboxylic acids is 2. The molecule has 92 valence electrons. The standard InChI is InChI=1S/C11H20N2O2S/c1-7(2)13-10(14)4-9(11(13)15)16-6-8(3)5-12/h7-9H,4-6,12H2,1-3H3. The smallest absolute Gasteiger partial charge is 0.243 e. The van der Waals surface area contributed by atoms with Crippen LogP contribution in [-0.2, 0) is 9.59 Å². The van der Waals surface area contributed by atoms with Crippen LogP contribution in [0.5, 0.6) is 0 Å². The Labute approximate surface area is 101 Å². The van der Waals surface area contributed by atoms with Crippen molar-refractivity contribution < 1.29 is 9.59 Å². The third kappa shape index (κ3) is 2.98. The van der Waals surface area contributed by atoms with Gasteiger partial charge in [0.05, 0.1) is 5.25 Å². The van der Waals surface area contributed by atoms with Crippen LogP contribution in [0, 0.1) is 5.92 Å². The van der Waals surface area contributed by atoms with Crippen molar-refractivity contribution in [2.24, 2.45) is 11.7 Å². The molecular formula is C11H20N2O2S. The van der Waals surface area contributed by atoms with Gasteiger partial charge in [0.2, 0.25) is 11.8 Å². The van der Waals surface area contributed by atoms with Crippen molar-refractivity contribution in [1.29, 1.82) is 0 Å². The molecular weight excluding hydrogens is 224 g/mol. The lowest BCUT2D eigenvalue weighted by Gasteiger charge is -2.19. The lowest BCUT2D eigenvalue weighted by molar-refractivity contribution is -0.140. The summed E-state index contributed by atoms with van der Waals surface area (Å²) >= 11 is 1.56. The first-order valence-corrected chi connectivity index (χ1v) is 6.69. The molecule has 0 aromatic heterocycles. The molecule has 0 radical (unpaired) electrons. The monoisotopic (exact) mass is 244 g/mol. The summed E-state index contributed by atoms with van der Waals surface area (Å²) in [4.78, 5) is 24.9. The highest BCUT2D eigenvalue weighted by atomic mass is 32.2. The van der Waals surface area contributed by atoms with E-state index in [0.29, 0.717) is 18.9 Å². The molecule has 1 heterocycles. The minimum absolute atomic E-state index is 0.0301. The second-order valence-electron chi connectivity index (χ2n) is 4.56. The molecule has 1 rings (SSSR count). The molecule has 2 N–H and O–H groups in total. The number of thioether (sulfide) groups is 1. The molecule has 0 bridgehead atoms. The maximum Gasteiger partial charge on any atom is 0.243 e. The van der Waals surface area contributed by atoms with Gasteiger partial charge in [-0.15, -0.1) is 11.8 Å². The predicted octanol–water partition coefficient (Wildman–Crippen LogP) is 0.850. The number of rotatable bonds is 5. The summed E-state index contributed by atoms with van der Waals surface area (Å²) in [6, 6.07) is -0.0301. The van der Waals surface area contributed by atoms with Gasteiger partial charge in [-0.3, -0.25) is 14.5 Å². The summed E-state index contributed by atoms with van der Waals surface area (Å²) in [5.74, 6) is 1.15. The van der Waals surface area contributed by atoms with Gasteiger partial charge in [-0.2, -0.15) is 0 Å². The fraction of sp³-hybridized carbons (Fsp3) is 0.818. The maximum atomic E-state index is 11.9. The Morgan fingerprint density at radius 2 is 2.06 bits per heavy atom. The number of nitrogens with zero attached hydrogens (tertiary/aromatic N) is 1. The van der Waals surface area contributed by atoms with Gasteiger partial charge in [0.1, 0.15) is 0 Å². The Morgan fingerprint density at radius 1 is 1.44 bits per heavy atom. The second-order valence-corrected chi connectivity index (χ2v) is 5.80. The van der Waals surface area contributed by atoms with E-state index in [1.165, 1.54) is 4.90 Å². The Bertz CT molecular complexity index is 281. The van der Waals surface area contributed by atoms with Crippen LogP contribution < -0.4 is 5.73 Å². The molecule has 16 heavy (non-hydrogen) atoms. The van der Waals surface area contributed by atoms with Gasteiger partial charge in [-0.05, 0) is 32.1 Å². The van der Waals surface area contributed by atoms with Gasteiger partial charge in [0, 0.05) is 12.5 Å². The van der Waals surface area contributed by atoms with Crippen LogP contribution >= 0.6 is 11.8 Å². The number of carbonyl (C=O) groups is 2. The summed E-state index contributed by atoms with van der Waals surface area (Å²) in [7, 11) is 0. The van der Waals surface area contributed by atoms with E-state index in [1.54, 1.807) is 11.8 Å². The highest BCUT2D eigenvalue weighted by Crippen LogP contribution is 2.27. The van der Waals surface area contributed by atoms with Gasteiger partial charge >= 0.3 is 0 Å². The molecule has 4 nitrogen and oxygen atoms in total. The summed E-state index contributed by atoms with van der Waals surface area (Å²) < 4.78 is 0. The van der Waals surface area contributed by atoms with Crippen molar-refractivity contribution in [2.75, 3.05) is 12.3 Å². The Balaban J connectivity index is 2.52. The summed E-state index contributed by atoms with van der Waals surface area (Å²) in [6.45, 7) is 6.40. The molecule has 1 aliphatic heterocycles. The Hall–Kier alpha value is -0.550. The highest BCUT2D eigenvalue weighted by Gasteiger charge is 2.39. The van der Waals surface area contributed by atoms with E-state index >= 15 is 0 Å². The van der Waals surface area contributed by atoms with E-state index in [2.05, 4.69) is 6.92 Å². The van der Waals surface area contributed by atoms with E-state index in [4.69, 9.17) is 5.73 Å². The quantitative estimate of drug-likeness (QED) is 0.728. The zero-order valence-corrected chi connectivity index (χ0v) is 10.9. The van der Waals surface area contributed by atoms with Gasteiger partial charge in [-0.25, -0.2) is 0 Å². The van der Waals surface area contributed by atoms with Gasteiger partial charge in [0.15, 0.2) is 0 Å². The molecule has 5 heteroatoms. The van der Waals surface area contributed by atoms with Crippen molar-refractivity contribution in [1.82, 2.24) is 4.90 Å². The topological polar surface area (TPSA) is 63.4 Å². The molecule has 0 aromatic carbocycles. The van der Waals surface area contributed by atoms with Crippen LogP contribution in [0.2, 0.25) is 0 Å². The number of hydrogen-bond acceptors (Lipinski definition) is 4. The van der Waals surface area contributed by atoms with E-state index in [1.807, 2.05) is 13.8 Å². The molecule has 2 amide bonds. The summed E-state index contributed by atoms with van der Waals surface area (Å²) in [6.07, 6.45) is 0.346. The number of hydrogen-bond donors (Lipinski definition) is 1. The zero-order chi connectivity index (χ0) is 12.3. The summed E-state index contributed by atoms with van der Waals surface area (Å²) in [5.41, 5.74) is 5.52. The lowest BCUT2D eigenvalue weighted by atomic mass is 10.2. The van der Waals surface area contributed by atoms with Crippen LogP contribution in [0.15, 0.2) is 0 Å². The second kappa shape index (κ2) is 5.68. The maximum absolute atomic E-state index is 11.9. The van der Waals surface area contributed by atoms with Crippen LogP contribution in [0.4, 0.5) is 0 Å². The number of amides is 2. The van der Waals surface area contributed by atoms with Crippen LogP contribution in [0.1, 0.15) is 27.2 Å². The molecule has 1 saturated heterocycles. The highest BCUT2D eigenvalue weighted by molar-refractivity contribution is 8.00. The average molecular weight is 244 g/mol. The predicted molar refractivity (Wildman–Crippen MR) is 66.1 cm³/mol. The summed E-state index contributed by atoms with van der Waals surface area (Å²) in [5, 5.41) is -0.191. The first kappa shape index (κ1) is 13.5. The SMILES string of the molecule is CC(CN)CSC1CC(=O)N(C(C)C)C1=O. The van der Waals surface area contributed by atoms with Crippen molar-refractivity contribution in [3.05, 3.63) is 0 Å². The third-order valence-corrected chi connectivity index (χ3v) is 4.17. The third-order valence-electron chi connectivity index (χ3n) is 2.64. The van der Waals surface area contributed by atoms with Gasteiger partial charge < -0.3 is 5.73 Å².